The first-order valence-electron chi connectivity index (χ1n) is 8.17. The monoisotopic (exact) mass is 361 g/mol. The molecule has 0 amide bonds. The van der Waals surface area contributed by atoms with E-state index in [0.717, 1.165) is 0 Å². The molecule has 1 aliphatic rings. The second-order valence-corrected chi connectivity index (χ2v) is 8.14. The zero-order chi connectivity index (χ0) is 17.4. The predicted octanol–water partition coefficient (Wildman–Crippen LogP) is 1.75. The fourth-order valence-electron chi connectivity index (χ4n) is 3.49. The molecule has 0 spiro atoms. The third-order valence-electron chi connectivity index (χ3n) is 4.67. The van der Waals surface area contributed by atoms with Crippen molar-refractivity contribution >= 4 is 21.0 Å². The minimum Gasteiger partial charge on any atom is -0.463 e. The van der Waals surface area contributed by atoms with Gasteiger partial charge in [0.25, 0.3) is 0 Å². The van der Waals surface area contributed by atoms with Crippen LogP contribution in [0.25, 0.3) is 11.0 Å². The van der Waals surface area contributed by atoms with Crippen LogP contribution in [0.3, 0.4) is 0 Å². The summed E-state index contributed by atoms with van der Waals surface area (Å²) in [5, 5.41) is 15.0. The van der Waals surface area contributed by atoms with E-state index in [0.29, 0.717) is 30.4 Å². The summed E-state index contributed by atoms with van der Waals surface area (Å²) in [7, 11) is -3.77. The third kappa shape index (κ3) is 3.20. The van der Waals surface area contributed by atoms with E-state index < -0.39 is 22.2 Å². The maximum Gasteiger partial charge on any atom is 0.244 e. The van der Waals surface area contributed by atoms with Crippen LogP contribution < -0.4 is 4.72 Å². The molecule has 2 aromatic heterocycles. The van der Waals surface area contributed by atoms with Crippen LogP contribution >= 0.6 is 0 Å². The lowest BCUT2D eigenvalue weighted by molar-refractivity contribution is 0.154. The molecule has 0 aliphatic heterocycles. The van der Waals surface area contributed by atoms with Gasteiger partial charge in [-0.2, -0.15) is 5.10 Å². The summed E-state index contributed by atoms with van der Waals surface area (Å²) in [6.45, 7) is 0.664. The van der Waals surface area contributed by atoms with Gasteiger partial charge < -0.3 is 9.52 Å². The van der Waals surface area contributed by atoms with Crippen LogP contribution in [0.15, 0.2) is 58.3 Å². The number of para-hydroxylation sites is 1. The number of nitrogens with zero attached hydrogens (tertiary/aromatic N) is 2. The van der Waals surface area contributed by atoms with Gasteiger partial charge in [0.1, 0.15) is 16.7 Å². The van der Waals surface area contributed by atoms with Gasteiger partial charge in [0.15, 0.2) is 0 Å². The summed E-state index contributed by atoms with van der Waals surface area (Å²) in [4.78, 5) is 0.103. The van der Waals surface area contributed by atoms with E-state index >= 15 is 0 Å². The van der Waals surface area contributed by atoms with Crippen molar-refractivity contribution in [1.82, 2.24) is 14.5 Å². The van der Waals surface area contributed by atoms with Gasteiger partial charge in [-0.1, -0.05) is 12.1 Å². The first kappa shape index (κ1) is 16.3. The van der Waals surface area contributed by atoms with Gasteiger partial charge in [0, 0.05) is 30.4 Å². The van der Waals surface area contributed by atoms with Gasteiger partial charge in [-0.05, 0) is 37.0 Å². The minimum absolute atomic E-state index is 0.103. The van der Waals surface area contributed by atoms with Crippen molar-refractivity contribution in [2.45, 2.75) is 36.4 Å². The Balaban J connectivity index is 1.51. The Morgan fingerprint density at radius 2 is 2.12 bits per heavy atom. The molecule has 2 N–H and O–H groups in total. The van der Waals surface area contributed by atoms with Crippen molar-refractivity contribution in [1.29, 1.82) is 0 Å². The molecule has 0 saturated heterocycles. The number of hydrogen-bond donors (Lipinski definition) is 2. The highest BCUT2D eigenvalue weighted by Crippen LogP contribution is 2.30. The molecular weight excluding hydrogens is 342 g/mol. The molecule has 1 aromatic carbocycles. The molecule has 3 aromatic rings. The van der Waals surface area contributed by atoms with Crippen LogP contribution in [0.1, 0.15) is 12.8 Å². The summed E-state index contributed by atoms with van der Waals surface area (Å²) in [6, 6.07) is 8.31. The average molecular weight is 361 g/mol. The van der Waals surface area contributed by atoms with Crippen LogP contribution in [0, 0.1) is 5.92 Å². The second-order valence-electron chi connectivity index (χ2n) is 6.46. The van der Waals surface area contributed by atoms with E-state index in [1.807, 2.05) is 12.3 Å². The molecule has 4 rings (SSSR count). The lowest BCUT2D eigenvalue weighted by Crippen LogP contribution is -2.39. The minimum atomic E-state index is -3.77. The number of fused-ring (bicyclic) bond motifs is 1. The van der Waals surface area contributed by atoms with E-state index in [-0.39, 0.29) is 10.8 Å². The second kappa shape index (κ2) is 6.29. The maximum absolute atomic E-state index is 12.7. The van der Waals surface area contributed by atoms with E-state index in [2.05, 4.69) is 9.82 Å². The summed E-state index contributed by atoms with van der Waals surface area (Å²) < 4.78 is 35.2. The number of aliphatic hydroxyl groups is 1. The van der Waals surface area contributed by atoms with Crippen LogP contribution in [-0.4, -0.2) is 35.5 Å². The highest BCUT2D eigenvalue weighted by molar-refractivity contribution is 7.89. The molecule has 7 nitrogen and oxygen atoms in total. The molecule has 1 fully saturated rings. The number of aliphatic hydroxyl groups excluding tert-OH is 1. The van der Waals surface area contributed by atoms with Gasteiger partial charge >= 0.3 is 0 Å². The Kier molecular flexibility index (Phi) is 4.10. The topological polar surface area (TPSA) is 97.4 Å². The Hall–Kier alpha value is -2.16. The first-order valence-corrected chi connectivity index (χ1v) is 9.65. The van der Waals surface area contributed by atoms with Gasteiger partial charge in [-0.3, -0.25) is 4.68 Å². The summed E-state index contributed by atoms with van der Waals surface area (Å²) in [5.74, 6) is 0.170. The Morgan fingerprint density at radius 1 is 1.28 bits per heavy atom. The van der Waals surface area contributed by atoms with Gasteiger partial charge in [-0.15, -0.1) is 0 Å². The highest BCUT2D eigenvalue weighted by Gasteiger charge is 2.36. The number of sulfonamides is 1. The quantitative estimate of drug-likeness (QED) is 0.721. The molecule has 1 unspecified atom stereocenters. The SMILES string of the molecule is O=S(=O)(N[C@@H]1CC(Cn2cccn2)C[C@H]1O)c1coc2ccccc12. The van der Waals surface area contributed by atoms with Crippen LogP contribution in [0.2, 0.25) is 0 Å². The van der Waals surface area contributed by atoms with Crippen LogP contribution in [-0.2, 0) is 16.6 Å². The van der Waals surface area contributed by atoms with E-state index in [4.69, 9.17) is 4.42 Å². The molecule has 0 bridgehead atoms. The van der Waals surface area contributed by atoms with Gasteiger partial charge in [0.05, 0.1) is 6.10 Å². The number of hydrogen-bond acceptors (Lipinski definition) is 5. The number of furan rings is 1. The Morgan fingerprint density at radius 3 is 2.92 bits per heavy atom. The lowest BCUT2D eigenvalue weighted by atomic mass is 10.1. The van der Waals surface area contributed by atoms with Gasteiger partial charge in [0.2, 0.25) is 10.0 Å². The standard InChI is InChI=1S/C17H19N3O4S/c21-15-9-12(10-20-7-3-6-18-20)8-14(15)19-25(22,23)17-11-24-16-5-2-1-4-13(16)17/h1-7,11-12,14-15,19,21H,8-10H2/t12?,14-,15-/m1/s1. The van der Waals surface area contributed by atoms with Crippen LogP contribution in [0.4, 0.5) is 0 Å². The van der Waals surface area contributed by atoms with Crippen molar-refractivity contribution in [3.63, 3.8) is 0 Å². The largest absolute Gasteiger partial charge is 0.463 e. The smallest absolute Gasteiger partial charge is 0.244 e. The first-order chi connectivity index (χ1) is 12.0. The fraction of sp³-hybridized carbons (Fsp3) is 0.353. The lowest BCUT2D eigenvalue weighted by Gasteiger charge is -2.16. The third-order valence-corrected chi connectivity index (χ3v) is 6.18. The van der Waals surface area contributed by atoms with Gasteiger partial charge in [-0.25, -0.2) is 13.1 Å². The molecule has 1 saturated carbocycles. The summed E-state index contributed by atoms with van der Waals surface area (Å²) in [6.07, 6.45) is 5.20. The van der Waals surface area contributed by atoms with Crippen molar-refractivity contribution in [2.75, 3.05) is 0 Å². The maximum atomic E-state index is 12.7. The molecule has 8 heteroatoms. The average Bonchev–Trinajstić information content (AvgIpc) is 3.28. The van der Waals surface area contributed by atoms with Crippen LogP contribution in [0.5, 0.6) is 0 Å². The van der Waals surface area contributed by atoms with E-state index in [9.17, 15) is 13.5 Å². The molecular formula is C17H19N3O4S. The fourth-order valence-corrected chi connectivity index (χ4v) is 4.90. The van der Waals surface area contributed by atoms with Crippen molar-refractivity contribution in [3.8, 4) is 0 Å². The molecule has 0 radical (unpaired) electrons. The highest BCUT2D eigenvalue weighted by atomic mass is 32.2. The van der Waals surface area contributed by atoms with Crippen molar-refractivity contribution < 1.29 is 17.9 Å². The molecule has 2 heterocycles. The Bertz CT molecular complexity index is 965. The zero-order valence-corrected chi connectivity index (χ0v) is 14.3. The van der Waals surface area contributed by atoms with Crippen molar-refractivity contribution in [3.05, 3.63) is 49.0 Å². The van der Waals surface area contributed by atoms with Crippen molar-refractivity contribution in [2.24, 2.45) is 5.92 Å². The number of aromatic nitrogens is 2. The number of benzene rings is 1. The summed E-state index contributed by atoms with van der Waals surface area (Å²) in [5.41, 5.74) is 0.520. The summed E-state index contributed by atoms with van der Waals surface area (Å²) >= 11 is 0. The predicted molar refractivity (Wildman–Crippen MR) is 91.3 cm³/mol. The van der Waals surface area contributed by atoms with E-state index in [1.54, 1.807) is 35.1 Å². The number of rotatable bonds is 5. The molecule has 25 heavy (non-hydrogen) atoms. The number of nitrogens with one attached hydrogen (secondary N) is 1. The zero-order valence-electron chi connectivity index (χ0n) is 13.4. The molecule has 3 atom stereocenters. The van der Waals surface area contributed by atoms with E-state index in [1.165, 1.54) is 6.26 Å². The normalized spacial score (nSPS) is 24.1. The Labute approximate surface area is 145 Å². The molecule has 132 valence electrons. The molecule has 1 aliphatic carbocycles.